The van der Waals surface area contributed by atoms with Crippen molar-refractivity contribution in [3.05, 3.63) is 35.4 Å². The van der Waals surface area contributed by atoms with Crippen LogP contribution in [-0.2, 0) is 0 Å². The smallest absolute Gasteiger partial charge is 0.0464 e. The fourth-order valence-corrected chi connectivity index (χ4v) is 5.68. The van der Waals surface area contributed by atoms with Crippen molar-refractivity contribution < 1.29 is 5.11 Å². The molecule has 1 aromatic rings. The third kappa shape index (κ3) is 0.666. The van der Waals surface area contributed by atoms with E-state index < -0.39 is 0 Å². The zero-order valence-electron chi connectivity index (χ0n) is 9.21. The highest BCUT2D eigenvalue weighted by molar-refractivity contribution is 5.51. The van der Waals surface area contributed by atoms with Gasteiger partial charge in [0.25, 0.3) is 0 Å². The lowest BCUT2D eigenvalue weighted by Crippen LogP contribution is -2.30. The first-order chi connectivity index (χ1) is 7.92. The van der Waals surface area contributed by atoms with Gasteiger partial charge >= 0.3 is 0 Å². The van der Waals surface area contributed by atoms with Crippen molar-refractivity contribution in [3.63, 3.8) is 0 Å². The minimum absolute atomic E-state index is 0.443. The normalized spacial score (nSPS) is 53.9. The van der Waals surface area contributed by atoms with Crippen LogP contribution in [0.1, 0.15) is 29.4 Å². The summed E-state index contributed by atoms with van der Waals surface area (Å²) in [6.07, 6.45) is 1.45. The first-order valence-electron chi connectivity index (χ1n) is 6.61. The lowest BCUT2D eigenvalue weighted by molar-refractivity contribution is 0.243. The molecule has 0 heterocycles. The molecular weight excluding hydrogens is 196 g/mol. The number of hydrogen-bond acceptors (Lipinski definition) is 1. The summed E-state index contributed by atoms with van der Waals surface area (Å²) in [7, 11) is 0. The molecule has 0 aliphatic heterocycles. The molecule has 1 aromatic carbocycles. The Hall–Kier alpha value is -0.820. The predicted molar refractivity (Wildman–Crippen MR) is 61.1 cm³/mol. The summed E-state index contributed by atoms with van der Waals surface area (Å²) in [5.41, 5.74) is 3.28. The summed E-state index contributed by atoms with van der Waals surface area (Å²) in [5, 5.41) is 9.39. The predicted octanol–water partition coefficient (Wildman–Crippen LogP) is 2.37. The zero-order valence-corrected chi connectivity index (χ0v) is 9.21. The number of aliphatic hydroxyl groups is 1. The number of hydrogen-bond donors (Lipinski definition) is 1. The van der Waals surface area contributed by atoms with Crippen molar-refractivity contribution in [3.8, 4) is 0 Å². The number of aliphatic hydroxyl groups excluding tert-OH is 1. The van der Waals surface area contributed by atoms with Crippen LogP contribution in [0.2, 0.25) is 0 Å². The summed E-state index contributed by atoms with van der Waals surface area (Å²) >= 11 is 0. The van der Waals surface area contributed by atoms with Gasteiger partial charge in [-0.2, -0.15) is 0 Å². The first kappa shape index (κ1) is 8.30. The molecule has 1 N–H and O–H groups in total. The minimum Gasteiger partial charge on any atom is -0.396 e. The highest BCUT2D eigenvalue weighted by atomic mass is 16.3. The second-order valence-electron chi connectivity index (χ2n) is 6.25. The van der Waals surface area contributed by atoms with Crippen LogP contribution in [0.5, 0.6) is 0 Å². The zero-order chi connectivity index (χ0) is 10.4. The van der Waals surface area contributed by atoms with E-state index in [1.807, 2.05) is 0 Å². The summed E-state index contributed by atoms with van der Waals surface area (Å²) < 4.78 is 0. The third-order valence-electron chi connectivity index (χ3n) is 6.06. The molecule has 0 amide bonds. The van der Waals surface area contributed by atoms with Gasteiger partial charge in [0.2, 0.25) is 0 Å². The van der Waals surface area contributed by atoms with Crippen molar-refractivity contribution in [2.75, 3.05) is 6.61 Å². The van der Waals surface area contributed by atoms with E-state index in [4.69, 9.17) is 0 Å². The van der Waals surface area contributed by atoms with Gasteiger partial charge in [-0.1, -0.05) is 24.3 Å². The van der Waals surface area contributed by atoms with Crippen molar-refractivity contribution in [1.29, 1.82) is 0 Å². The monoisotopic (exact) mass is 212 g/mol. The van der Waals surface area contributed by atoms with Gasteiger partial charge in [-0.15, -0.1) is 0 Å². The van der Waals surface area contributed by atoms with Crippen molar-refractivity contribution in [2.45, 2.75) is 18.3 Å². The summed E-state index contributed by atoms with van der Waals surface area (Å²) in [4.78, 5) is 0. The Morgan fingerprint density at radius 3 is 2.06 bits per heavy atom. The second kappa shape index (κ2) is 2.38. The second-order valence-corrected chi connectivity index (χ2v) is 6.25. The van der Waals surface area contributed by atoms with Crippen LogP contribution in [-0.4, -0.2) is 11.7 Å². The van der Waals surface area contributed by atoms with E-state index in [1.165, 1.54) is 6.42 Å². The molecule has 4 aliphatic rings. The molecular formula is C15H16O. The third-order valence-corrected chi connectivity index (χ3v) is 6.06. The van der Waals surface area contributed by atoms with Crippen molar-refractivity contribution in [1.82, 2.24) is 0 Å². The Morgan fingerprint density at radius 1 is 1.00 bits per heavy atom. The van der Waals surface area contributed by atoms with Gasteiger partial charge < -0.3 is 5.11 Å². The SMILES string of the molecule is OCC1[C@@H]2[C@@H]3C[C@@H]([C@@H]4c5ccccc5[C@H]34)[C@H]12. The van der Waals surface area contributed by atoms with Gasteiger partial charge in [-0.3, -0.25) is 0 Å². The van der Waals surface area contributed by atoms with Crippen LogP contribution in [0.3, 0.4) is 0 Å². The molecule has 7 atom stereocenters. The highest BCUT2D eigenvalue weighted by Gasteiger charge is 2.73. The van der Waals surface area contributed by atoms with Gasteiger partial charge in [-0.05, 0) is 59.0 Å². The van der Waals surface area contributed by atoms with Crippen LogP contribution < -0.4 is 0 Å². The molecule has 4 aliphatic carbocycles. The molecule has 2 bridgehead atoms. The van der Waals surface area contributed by atoms with Crippen molar-refractivity contribution in [2.24, 2.45) is 29.6 Å². The molecule has 16 heavy (non-hydrogen) atoms. The van der Waals surface area contributed by atoms with Crippen LogP contribution in [0.4, 0.5) is 0 Å². The molecule has 0 radical (unpaired) electrons. The minimum atomic E-state index is 0.443. The first-order valence-corrected chi connectivity index (χ1v) is 6.61. The molecule has 1 unspecified atom stereocenters. The van der Waals surface area contributed by atoms with E-state index in [0.717, 1.165) is 35.5 Å². The average Bonchev–Trinajstić information content (AvgIpc) is 2.82. The molecule has 1 nitrogen and oxygen atoms in total. The Bertz CT molecular complexity index is 439. The van der Waals surface area contributed by atoms with Crippen LogP contribution >= 0.6 is 0 Å². The lowest BCUT2D eigenvalue weighted by atomic mass is 9.61. The van der Waals surface area contributed by atoms with E-state index >= 15 is 0 Å². The average molecular weight is 212 g/mol. The maximum Gasteiger partial charge on any atom is 0.0464 e. The Labute approximate surface area is 95.5 Å². The maximum absolute atomic E-state index is 9.39. The molecule has 5 rings (SSSR count). The molecule has 0 saturated heterocycles. The number of rotatable bonds is 1. The van der Waals surface area contributed by atoms with Crippen LogP contribution in [0.15, 0.2) is 24.3 Å². The van der Waals surface area contributed by atoms with E-state index in [-0.39, 0.29) is 0 Å². The highest BCUT2D eigenvalue weighted by Crippen LogP contribution is 2.79. The summed E-state index contributed by atoms with van der Waals surface area (Å²) in [6.45, 7) is 0.443. The Kier molecular flexibility index (Phi) is 1.23. The van der Waals surface area contributed by atoms with Gasteiger partial charge in [-0.25, -0.2) is 0 Å². The molecule has 82 valence electrons. The number of benzene rings is 1. The largest absolute Gasteiger partial charge is 0.396 e. The molecule has 0 spiro atoms. The molecule has 3 fully saturated rings. The van der Waals surface area contributed by atoms with E-state index in [2.05, 4.69) is 24.3 Å². The molecule has 1 heteroatoms. The summed E-state index contributed by atoms with van der Waals surface area (Å²) in [6, 6.07) is 9.05. The topological polar surface area (TPSA) is 20.2 Å². The Morgan fingerprint density at radius 2 is 1.56 bits per heavy atom. The summed E-state index contributed by atoms with van der Waals surface area (Å²) in [5.74, 6) is 6.05. The van der Waals surface area contributed by atoms with E-state index in [1.54, 1.807) is 11.1 Å². The Balaban J connectivity index is 1.61. The number of fused-ring (bicyclic) bond motifs is 11. The van der Waals surface area contributed by atoms with Gasteiger partial charge in [0.1, 0.15) is 0 Å². The molecule has 3 saturated carbocycles. The van der Waals surface area contributed by atoms with Gasteiger partial charge in [0.05, 0.1) is 0 Å². The lowest BCUT2D eigenvalue weighted by Gasteiger charge is -2.42. The quantitative estimate of drug-likeness (QED) is 0.709. The standard InChI is InChI=1S/C15H16O/c16-6-11-14-9-5-10(15(11)14)13-8-4-2-1-3-7(8)12(9)13/h1-4,9-16H,5-6H2/t9-,10+,11?,12-,13+,14+,15-. The van der Waals surface area contributed by atoms with Crippen LogP contribution in [0.25, 0.3) is 0 Å². The van der Waals surface area contributed by atoms with Crippen LogP contribution in [0, 0.1) is 29.6 Å². The fourth-order valence-electron chi connectivity index (χ4n) is 5.68. The van der Waals surface area contributed by atoms with Gasteiger partial charge in [0.15, 0.2) is 0 Å². The van der Waals surface area contributed by atoms with Gasteiger partial charge in [0, 0.05) is 6.61 Å². The fraction of sp³-hybridized carbons (Fsp3) is 0.600. The maximum atomic E-state index is 9.39. The van der Waals surface area contributed by atoms with E-state index in [9.17, 15) is 5.11 Å². The molecule has 0 aromatic heterocycles. The van der Waals surface area contributed by atoms with E-state index in [0.29, 0.717) is 12.5 Å². The van der Waals surface area contributed by atoms with Crippen molar-refractivity contribution >= 4 is 0 Å².